The van der Waals surface area contributed by atoms with Crippen molar-refractivity contribution < 1.29 is 9.90 Å². The molecule has 134 valence electrons. The third-order valence-electron chi connectivity index (χ3n) is 4.33. The van der Waals surface area contributed by atoms with Crippen molar-refractivity contribution in [2.75, 3.05) is 0 Å². The normalized spacial score (nSPS) is 11.9. The molecule has 0 saturated carbocycles. The molecule has 2 heterocycles. The second kappa shape index (κ2) is 8.40. The Morgan fingerprint density at radius 3 is 2.69 bits per heavy atom. The van der Waals surface area contributed by atoms with Gasteiger partial charge in [0.05, 0.1) is 12.6 Å². The van der Waals surface area contributed by atoms with Gasteiger partial charge in [0.2, 0.25) is 0 Å². The first-order valence-corrected chi connectivity index (χ1v) is 8.56. The third-order valence-corrected chi connectivity index (χ3v) is 4.33. The Balaban J connectivity index is 1.76. The number of aryl methyl sites for hydroxylation is 2. The van der Waals surface area contributed by atoms with Gasteiger partial charge in [-0.2, -0.15) is 0 Å². The molecule has 0 saturated heterocycles. The van der Waals surface area contributed by atoms with Crippen LogP contribution in [0.5, 0.6) is 0 Å². The fourth-order valence-corrected chi connectivity index (χ4v) is 2.84. The van der Waals surface area contributed by atoms with E-state index in [0.29, 0.717) is 11.3 Å². The van der Waals surface area contributed by atoms with Gasteiger partial charge in [-0.15, -0.1) is 0 Å². The molecule has 0 spiro atoms. The van der Waals surface area contributed by atoms with Crippen molar-refractivity contribution in [3.63, 3.8) is 0 Å². The lowest BCUT2D eigenvalue weighted by atomic mass is 10.0. The smallest absolute Gasteiger partial charge is 0.270 e. The largest absolute Gasteiger partial charge is 0.392 e. The number of aliphatic hydroxyl groups is 1. The van der Waals surface area contributed by atoms with Gasteiger partial charge in [0.1, 0.15) is 11.5 Å². The van der Waals surface area contributed by atoms with Crippen LogP contribution >= 0.6 is 0 Å². The highest BCUT2D eigenvalue weighted by atomic mass is 16.3. The molecule has 0 aliphatic carbocycles. The molecule has 0 unspecified atom stereocenters. The molecule has 1 atom stereocenters. The molecule has 1 amide bonds. The van der Waals surface area contributed by atoms with Crippen LogP contribution in [0, 0.1) is 6.92 Å². The third kappa shape index (κ3) is 4.34. The first kappa shape index (κ1) is 17.8. The van der Waals surface area contributed by atoms with Crippen molar-refractivity contribution in [1.82, 2.24) is 19.9 Å². The van der Waals surface area contributed by atoms with E-state index >= 15 is 0 Å². The summed E-state index contributed by atoms with van der Waals surface area (Å²) in [4.78, 5) is 21.0. The van der Waals surface area contributed by atoms with Gasteiger partial charge >= 0.3 is 0 Å². The number of benzene rings is 1. The van der Waals surface area contributed by atoms with Crippen molar-refractivity contribution in [1.29, 1.82) is 0 Å². The monoisotopic (exact) mass is 350 g/mol. The predicted molar refractivity (Wildman–Crippen MR) is 98.4 cm³/mol. The van der Waals surface area contributed by atoms with E-state index < -0.39 is 0 Å². The summed E-state index contributed by atoms with van der Waals surface area (Å²) >= 11 is 0. The highest BCUT2D eigenvalue weighted by Gasteiger charge is 2.17. The lowest BCUT2D eigenvalue weighted by Crippen LogP contribution is -2.30. The zero-order valence-electron chi connectivity index (χ0n) is 14.7. The summed E-state index contributed by atoms with van der Waals surface area (Å²) in [5.74, 6) is 0.692. The van der Waals surface area contributed by atoms with Crippen LogP contribution in [0.2, 0.25) is 0 Å². The van der Waals surface area contributed by atoms with Gasteiger partial charge < -0.3 is 15.0 Å². The summed E-state index contributed by atoms with van der Waals surface area (Å²) in [5, 5.41) is 12.3. The van der Waals surface area contributed by atoms with Crippen LogP contribution in [0.1, 0.15) is 39.9 Å². The van der Waals surface area contributed by atoms with Crippen LogP contribution in [0.4, 0.5) is 0 Å². The Morgan fingerprint density at radius 1 is 1.19 bits per heavy atom. The predicted octanol–water partition coefficient (Wildman–Crippen LogP) is 2.64. The first-order chi connectivity index (χ1) is 12.7. The summed E-state index contributed by atoms with van der Waals surface area (Å²) in [7, 11) is 0. The first-order valence-electron chi connectivity index (χ1n) is 8.56. The maximum absolute atomic E-state index is 12.7. The molecular formula is C20H22N4O2. The number of carbonyl (C=O) groups excluding carboxylic acids is 1. The molecule has 0 fully saturated rings. The lowest BCUT2D eigenvalue weighted by molar-refractivity contribution is 0.0928. The van der Waals surface area contributed by atoms with E-state index in [1.54, 1.807) is 18.3 Å². The van der Waals surface area contributed by atoms with Crippen LogP contribution in [0.25, 0.3) is 0 Å². The topological polar surface area (TPSA) is 80.0 Å². The molecule has 3 rings (SSSR count). The SMILES string of the molecule is Cc1nccn1CC[C@@H](NC(=O)c1cc(CO)ccn1)c1ccccc1. The Morgan fingerprint density at radius 2 is 2.00 bits per heavy atom. The Labute approximate surface area is 152 Å². The summed E-state index contributed by atoms with van der Waals surface area (Å²) in [6, 6.07) is 13.0. The zero-order chi connectivity index (χ0) is 18.4. The summed E-state index contributed by atoms with van der Waals surface area (Å²) in [5.41, 5.74) is 2.00. The van der Waals surface area contributed by atoms with E-state index in [0.717, 1.165) is 24.4 Å². The van der Waals surface area contributed by atoms with Crippen LogP contribution in [-0.4, -0.2) is 25.5 Å². The molecule has 6 heteroatoms. The molecule has 26 heavy (non-hydrogen) atoms. The highest BCUT2D eigenvalue weighted by molar-refractivity contribution is 5.92. The van der Waals surface area contributed by atoms with Gasteiger partial charge in [0, 0.05) is 25.1 Å². The average molecular weight is 350 g/mol. The van der Waals surface area contributed by atoms with E-state index in [2.05, 4.69) is 19.9 Å². The Kier molecular flexibility index (Phi) is 5.76. The van der Waals surface area contributed by atoms with E-state index in [1.807, 2.05) is 43.5 Å². The fourth-order valence-electron chi connectivity index (χ4n) is 2.84. The number of aromatic nitrogens is 3. The second-order valence-corrected chi connectivity index (χ2v) is 6.10. The summed E-state index contributed by atoms with van der Waals surface area (Å²) < 4.78 is 2.06. The molecule has 0 bridgehead atoms. The molecule has 0 aliphatic heterocycles. The fraction of sp³-hybridized carbons (Fsp3) is 0.250. The number of hydrogen-bond acceptors (Lipinski definition) is 4. The molecular weight excluding hydrogens is 328 g/mol. The van der Waals surface area contributed by atoms with Crippen molar-refractivity contribution in [3.05, 3.63) is 83.7 Å². The quantitative estimate of drug-likeness (QED) is 0.686. The summed E-state index contributed by atoms with van der Waals surface area (Å²) in [6.07, 6.45) is 5.97. The molecule has 2 N–H and O–H groups in total. The molecule has 2 aromatic heterocycles. The van der Waals surface area contributed by atoms with Crippen LogP contribution in [-0.2, 0) is 13.2 Å². The van der Waals surface area contributed by atoms with Crippen LogP contribution in [0.15, 0.2) is 61.1 Å². The molecule has 6 nitrogen and oxygen atoms in total. The molecule has 3 aromatic rings. The van der Waals surface area contributed by atoms with Crippen LogP contribution < -0.4 is 5.32 Å². The summed E-state index contributed by atoms with van der Waals surface area (Å²) in [6.45, 7) is 2.58. The number of carbonyl (C=O) groups is 1. The maximum atomic E-state index is 12.7. The minimum atomic E-state index is -0.253. The Hall–Kier alpha value is -2.99. The molecule has 0 aliphatic rings. The molecule has 0 radical (unpaired) electrons. The van der Waals surface area contributed by atoms with Gasteiger partial charge in [-0.1, -0.05) is 30.3 Å². The lowest BCUT2D eigenvalue weighted by Gasteiger charge is -2.20. The van der Waals surface area contributed by atoms with Crippen molar-refractivity contribution in [2.24, 2.45) is 0 Å². The van der Waals surface area contributed by atoms with Gasteiger partial charge in [-0.05, 0) is 36.6 Å². The number of imidazole rings is 1. The highest BCUT2D eigenvalue weighted by Crippen LogP contribution is 2.19. The number of nitrogens with zero attached hydrogens (tertiary/aromatic N) is 3. The minimum absolute atomic E-state index is 0.120. The minimum Gasteiger partial charge on any atom is -0.392 e. The zero-order valence-corrected chi connectivity index (χ0v) is 14.7. The number of rotatable bonds is 7. The van der Waals surface area contributed by atoms with Gasteiger partial charge in [-0.3, -0.25) is 9.78 Å². The van der Waals surface area contributed by atoms with E-state index in [-0.39, 0.29) is 18.6 Å². The van der Waals surface area contributed by atoms with Gasteiger partial charge in [-0.25, -0.2) is 4.98 Å². The van der Waals surface area contributed by atoms with Crippen molar-refractivity contribution >= 4 is 5.91 Å². The van der Waals surface area contributed by atoms with E-state index in [4.69, 9.17) is 0 Å². The number of amides is 1. The molecule has 1 aromatic carbocycles. The standard InChI is InChI=1S/C20H22N4O2/c1-15-21-10-12-24(15)11-8-18(17-5-3-2-4-6-17)23-20(26)19-13-16(14-25)7-9-22-19/h2-7,9-10,12-13,18,25H,8,11,14H2,1H3,(H,23,26)/t18-/m1/s1. The number of hydrogen-bond donors (Lipinski definition) is 2. The van der Waals surface area contributed by atoms with E-state index in [9.17, 15) is 9.90 Å². The number of nitrogens with one attached hydrogen (secondary N) is 1. The van der Waals surface area contributed by atoms with Crippen LogP contribution in [0.3, 0.4) is 0 Å². The maximum Gasteiger partial charge on any atom is 0.270 e. The van der Waals surface area contributed by atoms with Crippen molar-refractivity contribution in [2.45, 2.75) is 32.5 Å². The number of pyridine rings is 1. The second-order valence-electron chi connectivity index (χ2n) is 6.10. The van der Waals surface area contributed by atoms with Gasteiger partial charge in [0.15, 0.2) is 0 Å². The number of aliphatic hydroxyl groups excluding tert-OH is 1. The van der Waals surface area contributed by atoms with Gasteiger partial charge in [0.25, 0.3) is 5.91 Å². The average Bonchev–Trinajstić information content (AvgIpc) is 3.10. The Bertz CT molecular complexity index is 861. The van der Waals surface area contributed by atoms with E-state index in [1.165, 1.54) is 6.20 Å². The van der Waals surface area contributed by atoms with Crippen molar-refractivity contribution in [3.8, 4) is 0 Å².